The summed E-state index contributed by atoms with van der Waals surface area (Å²) in [6.45, 7) is 5.06. The van der Waals surface area contributed by atoms with Gasteiger partial charge < -0.3 is 14.2 Å². The Balaban J connectivity index is 1.42. The smallest absolute Gasteiger partial charge is 0.192 e. The Bertz CT molecular complexity index is 995. The summed E-state index contributed by atoms with van der Waals surface area (Å²) in [5, 5.41) is 9.33. The van der Waals surface area contributed by atoms with Gasteiger partial charge >= 0.3 is 0 Å². The molecule has 2 heterocycles. The lowest BCUT2D eigenvalue weighted by molar-refractivity contribution is 0.0821. The van der Waals surface area contributed by atoms with Crippen molar-refractivity contribution >= 4 is 11.8 Å². The molecule has 0 radical (unpaired) electrons. The zero-order chi connectivity index (χ0) is 20.1. The molecule has 3 aromatic rings. The van der Waals surface area contributed by atoms with E-state index in [1.807, 2.05) is 28.8 Å². The molecular weight excluding hydrogens is 393 g/mol. The van der Waals surface area contributed by atoms with Crippen LogP contribution in [0.5, 0.6) is 17.2 Å². The Morgan fingerprint density at radius 3 is 2.79 bits per heavy atom. The number of hydrogen-bond donors (Lipinski definition) is 0. The van der Waals surface area contributed by atoms with Crippen LogP contribution in [0, 0.1) is 5.82 Å². The number of allylic oxidation sites excluding steroid dienone is 1. The number of halogens is 1. The first-order valence-electron chi connectivity index (χ1n) is 9.19. The van der Waals surface area contributed by atoms with Gasteiger partial charge in [0.05, 0.1) is 6.61 Å². The Hall–Kier alpha value is -3.00. The number of benzene rings is 2. The van der Waals surface area contributed by atoms with Crippen LogP contribution in [-0.2, 0) is 6.54 Å². The first-order chi connectivity index (χ1) is 14.3. The van der Waals surface area contributed by atoms with Crippen LogP contribution in [0.3, 0.4) is 0 Å². The van der Waals surface area contributed by atoms with Crippen molar-refractivity contribution in [1.82, 2.24) is 14.8 Å². The highest BCUT2D eigenvalue weighted by molar-refractivity contribution is 7.99. The summed E-state index contributed by atoms with van der Waals surface area (Å²) in [4.78, 5) is 0. The molecule has 150 valence electrons. The van der Waals surface area contributed by atoms with E-state index in [-0.39, 0.29) is 17.7 Å². The van der Waals surface area contributed by atoms with Gasteiger partial charge in [0.1, 0.15) is 6.61 Å². The summed E-state index contributed by atoms with van der Waals surface area (Å²) in [5.74, 6) is 2.55. The lowest BCUT2D eigenvalue weighted by Gasteiger charge is -2.26. The van der Waals surface area contributed by atoms with Crippen LogP contribution in [-0.4, -0.2) is 33.7 Å². The highest BCUT2D eigenvalue weighted by atomic mass is 32.2. The van der Waals surface area contributed by atoms with Gasteiger partial charge in [-0.1, -0.05) is 42.1 Å². The average Bonchev–Trinajstić information content (AvgIpc) is 3.15. The Morgan fingerprint density at radius 1 is 1.17 bits per heavy atom. The summed E-state index contributed by atoms with van der Waals surface area (Å²) in [6, 6.07) is 13.9. The van der Waals surface area contributed by atoms with E-state index in [4.69, 9.17) is 14.2 Å². The van der Waals surface area contributed by atoms with Gasteiger partial charge in [-0.15, -0.1) is 16.8 Å². The first kappa shape index (κ1) is 19.3. The van der Waals surface area contributed by atoms with E-state index in [9.17, 15) is 4.39 Å². The molecule has 0 amide bonds. The second-order valence-electron chi connectivity index (χ2n) is 6.23. The second kappa shape index (κ2) is 9.00. The van der Waals surface area contributed by atoms with E-state index < -0.39 is 0 Å². The molecule has 0 bridgehead atoms. The summed E-state index contributed by atoms with van der Waals surface area (Å²) in [5.41, 5.74) is 0. The fourth-order valence-electron chi connectivity index (χ4n) is 2.94. The quantitative estimate of drug-likeness (QED) is 0.312. The predicted octanol–water partition coefficient (Wildman–Crippen LogP) is 4.29. The van der Waals surface area contributed by atoms with Gasteiger partial charge in [0.2, 0.25) is 0 Å². The van der Waals surface area contributed by atoms with Crippen LogP contribution in [0.4, 0.5) is 4.39 Å². The molecular formula is C21H20FN3O3S. The maximum absolute atomic E-state index is 13.6. The van der Waals surface area contributed by atoms with Gasteiger partial charge in [-0.25, -0.2) is 4.39 Å². The normalized spacial score (nSPS) is 15.1. The maximum atomic E-state index is 13.6. The summed E-state index contributed by atoms with van der Waals surface area (Å²) >= 11 is 1.48. The topological polar surface area (TPSA) is 58.4 Å². The molecule has 1 aliphatic rings. The minimum absolute atomic E-state index is 0.243. The molecule has 2 aromatic carbocycles. The summed E-state index contributed by atoms with van der Waals surface area (Å²) in [7, 11) is 0. The van der Waals surface area contributed by atoms with Crippen molar-refractivity contribution in [3.8, 4) is 17.2 Å². The third-order valence-electron chi connectivity index (χ3n) is 4.26. The number of para-hydroxylation sites is 3. The van der Waals surface area contributed by atoms with Gasteiger partial charge in [0.25, 0.3) is 0 Å². The molecule has 1 atom stereocenters. The van der Waals surface area contributed by atoms with Crippen LogP contribution in [0.15, 0.2) is 66.3 Å². The Labute approximate surface area is 172 Å². The molecule has 8 heteroatoms. The molecule has 0 saturated heterocycles. The number of fused-ring (bicyclic) bond motifs is 1. The SMILES string of the molecule is C=CCn1c(SCCOc2ccccc2F)nnc1[C@@H]1COc2ccccc2O1. The zero-order valence-corrected chi connectivity index (χ0v) is 16.5. The first-order valence-corrected chi connectivity index (χ1v) is 10.2. The van der Waals surface area contributed by atoms with Crippen LogP contribution >= 0.6 is 11.8 Å². The van der Waals surface area contributed by atoms with Crippen LogP contribution in [0.1, 0.15) is 11.9 Å². The molecule has 1 aliphatic heterocycles. The average molecular weight is 413 g/mol. The van der Waals surface area contributed by atoms with E-state index in [1.54, 1.807) is 24.3 Å². The predicted molar refractivity (Wildman–Crippen MR) is 108 cm³/mol. The lowest BCUT2D eigenvalue weighted by Crippen LogP contribution is -2.25. The van der Waals surface area contributed by atoms with E-state index in [0.717, 1.165) is 10.9 Å². The molecule has 0 unspecified atom stereocenters. The van der Waals surface area contributed by atoms with E-state index in [0.29, 0.717) is 37.1 Å². The minimum Gasteiger partial charge on any atom is -0.490 e. The highest BCUT2D eigenvalue weighted by Crippen LogP contribution is 2.36. The number of rotatable bonds is 8. The summed E-state index contributed by atoms with van der Waals surface area (Å²) in [6.07, 6.45) is 1.42. The Kier molecular flexibility index (Phi) is 6.00. The number of hydrogen-bond acceptors (Lipinski definition) is 6. The molecule has 1 aromatic heterocycles. The van der Waals surface area contributed by atoms with Crippen molar-refractivity contribution < 1.29 is 18.6 Å². The fraction of sp³-hybridized carbons (Fsp3) is 0.238. The number of aromatic nitrogens is 3. The van der Waals surface area contributed by atoms with Crippen LogP contribution in [0.2, 0.25) is 0 Å². The third-order valence-corrected chi connectivity index (χ3v) is 5.19. The van der Waals surface area contributed by atoms with Gasteiger partial charge in [-0.3, -0.25) is 4.57 Å². The Morgan fingerprint density at radius 2 is 1.97 bits per heavy atom. The maximum Gasteiger partial charge on any atom is 0.192 e. The van der Waals surface area contributed by atoms with E-state index >= 15 is 0 Å². The molecule has 0 N–H and O–H groups in total. The summed E-state index contributed by atoms with van der Waals surface area (Å²) < 4.78 is 32.9. The minimum atomic E-state index is -0.371. The lowest BCUT2D eigenvalue weighted by atomic mass is 10.2. The van der Waals surface area contributed by atoms with Crippen LogP contribution < -0.4 is 14.2 Å². The monoisotopic (exact) mass is 413 g/mol. The largest absolute Gasteiger partial charge is 0.490 e. The number of ether oxygens (including phenoxy) is 3. The fourth-order valence-corrected chi connectivity index (χ4v) is 3.71. The van der Waals surface area contributed by atoms with E-state index in [1.165, 1.54) is 17.8 Å². The third kappa shape index (κ3) is 4.37. The second-order valence-corrected chi connectivity index (χ2v) is 7.29. The zero-order valence-electron chi connectivity index (χ0n) is 15.7. The molecule has 0 fully saturated rings. The molecule has 0 spiro atoms. The van der Waals surface area contributed by atoms with Gasteiger partial charge in [-0.05, 0) is 24.3 Å². The number of thioether (sulfide) groups is 1. The molecule has 6 nitrogen and oxygen atoms in total. The standard InChI is InChI=1S/C21H20FN3O3S/c1-2-11-25-20(19-14-27-17-9-5-6-10-18(17)28-19)23-24-21(25)29-13-12-26-16-8-4-3-7-15(16)22/h2-10,19H,1,11-14H2/t19-/m0/s1. The molecule has 4 rings (SSSR count). The highest BCUT2D eigenvalue weighted by Gasteiger charge is 2.28. The van der Waals surface area contributed by atoms with E-state index in [2.05, 4.69) is 16.8 Å². The van der Waals surface area contributed by atoms with Crippen LogP contribution in [0.25, 0.3) is 0 Å². The van der Waals surface area contributed by atoms with Crippen molar-refractivity contribution in [3.05, 3.63) is 72.8 Å². The van der Waals surface area contributed by atoms with Crippen molar-refractivity contribution in [2.24, 2.45) is 0 Å². The molecule has 29 heavy (non-hydrogen) atoms. The van der Waals surface area contributed by atoms with Gasteiger partial charge in [0, 0.05) is 12.3 Å². The van der Waals surface area contributed by atoms with Crippen molar-refractivity contribution in [2.45, 2.75) is 17.8 Å². The van der Waals surface area contributed by atoms with Gasteiger partial charge in [0.15, 0.2) is 40.2 Å². The van der Waals surface area contributed by atoms with Crippen molar-refractivity contribution in [2.75, 3.05) is 19.0 Å². The van der Waals surface area contributed by atoms with Gasteiger partial charge in [-0.2, -0.15) is 0 Å². The van der Waals surface area contributed by atoms with Crippen molar-refractivity contribution in [3.63, 3.8) is 0 Å². The molecule has 0 saturated carbocycles. The molecule has 0 aliphatic carbocycles. The van der Waals surface area contributed by atoms with Crippen molar-refractivity contribution in [1.29, 1.82) is 0 Å². The number of nitrogens with zero attached hydrogens (tertiary/aromatic N) is 3.